The molecule has 0 spiro atoms. The second kappa shape index (κ2) is 7.27. The summed E-state index contributed by atoms with van der Waals surface area (Å²) in [5.41, 5.74) is 6.48. The van der Waals surface area contributed by atoms with Crippen LogP contribution < -0.4 is 15.8 Å². The lowest BCUT2D eigenvalue weighted by atomic mass is 9.82. The van der Waals surface area contributed by atoms with Gasteiger partial charge >= 0.3 is 0 Å². The van der Waals surface area contributed by atoms with Gasteiger partial charge in [0.15, 0.2) is 0 Å². The highest BCUT2D eigenvalue weighted by molar-refractivity contribution is 5.86. The van der Waals surface area contributed by atoms with Crippen molar-refractivity contribution in [3.05, 3.63) is 42.5 Å². The van der Waals surface area contributed by atoms with Crippen LogP contribution in [0.2, 0.25) is 0 Å². The van der Waals surface area contributed by atoms with Crippen LogP contribution in [0.25, 0.3) is 0 Å². The first-order valence-corrected chi connectivity index (χ1v) is 7.54. The van der Waals surface area contributed by atoms with Gasteiger partial charge in [-0.05, 0) is 18.9 Å². The molecule has 1 aliphatic carbocycles. The largest absolute Gasteiger partial charge is 0.489 e. The minimum atomic E-state index is -0.699. The molecule has 1 aliphatic rings. The van der Waals surface area contributed by atoms with Gasteiger partial charge in [0.25, 0.3) is 0 Å². The molecule has 1 aromatic rings. The van der Waals surface area contributed by atoms with E-state index in [4.69, 9.17) is 10.5 Å². The number of nitrogens with one attached hydrogen (secondary N) is 1. The Labute approximate surface area is 126 Å². The minimum absolute atomic E-state index is 0.0549. The number of benzene rings is 1. The van der Waals surface area contributed by atoms with Crippen molar-refractivity contribution in [2.75, 3.05) is 6.61 Å². The van der Waals surface area contributed by atoms with Crippen LogP contribution in [0.5, 0.6) is 5.75 Å². The predicted octanol–water partition coefficient (Wildman–Crippen LogP) is 2.53. The molecule has 0 bridgehead atoms. The summed E-state index contributed by atoms with van der Waals surface area (Å²) in [5, 5.41) is 2.96. The Kier molecular flexibility index (Phi) is 5.39. The molecule has 0 aliphatic heterocycles. The standard InChI is InChI=1S/C17H24N2O2/c1-2-12-21-15-9-5-4-8-14(15)13-19-16(20)17(18)10-6-3-7-11-17/h2,4-5,8-9H,1,3,6-7,10-13,18H2,(H,19,20). The molecule has 1 amide bonds. The molecule has 114 valence electrons. The van der Waals surface area contributed by atoms with Gasteiger partial charge in [0.2, 0.25) is 5.91 Å². The second-order valence-electron chi connectivity index (χ2n) is 5.61. The Morgan fingerprint density at radius 2 is 2.05 bits per heavy atom. The van der Waals surface area contributed by atoms with Crippen LogP contribution >= 0.6 is 0 Å². The smallest absolute Gasteiger partial charge is 0.240 e. The van der Waals surface area contributed by atoms with Crippen molar-refractivity contribution in [1.29, 1.82) is 0 Å². The predicted molar refractivity (Wildman–Crippen MR) is 84.0 cm³/mol. The maximum atomic E-state index is 12.3. The lowest BCUT2D eigenvalue weighted by molar-refractivity contribution is -0.127. The molecule has 1 saturated carbocycles. The topological polar surface area (TPSA) is 64.3 Å². The molecule has 0 atom stereocenters. The quantitative estimate of drug-likeness (QED) is 0.791. The summed E-state index contributed by atoms with van der Waals surface area (Å²) in [7, 11) is 0. The summed E-state index contributed by atoms with van der Waals surface area (Å²) in [4.78, 5) is 12.3. The monoisotopic (exact) mass is 288 g/mol. The summed E-state index contributed by atoms with van der Waals surface area (Å²) >= 11 is 0. The van der Waals surface area contributed by atoms with E-state index in [0.717, 1.165) is 37.0 Å². The molecule has 4 nitrogen and oxygen atoms in total. The van der Waals surface area contributed by atoms with Gasteiger partial charge in [0.05, 0.1) is 5.54 Å². The number of nitrogens with two attached hydrogens (primary N) is 1. The van der Waals surface area contributed by atoms with Crippen LogP contribution in [0.4, 0.5) is 0 Å². The molecule has 1 aromatic carbocycles. The van der Waals surface area contributed by atoms with Crippen molar-refractivity contribution in [1.82, 2.24) is 5.32 Å². The molecule has 0 unspecified atom stereocenters. The van der Waals surface area contributed by atoms with E-state index in [1.165, 1.54) is 6.42 Å². The number of amides is 1. The molecule has 2 rings (SSSR count). The van der Waals surface area contributed by atoms with E-state index in [2.05, 4.69) is 11.9 Å². The Morgan fingerprint density at radius 3 is 2.76 bits per heavy atom. The van der Waals surface area contributed by atoms with Crippen LogP contribution in [-0.4, -0.2) is 18.1 Å². The number of hydrogen-bond acceptors (Lipinski definition) is 3. The SMILES string of the molecule is C=CCOc1ccccc1CNC(=O)C1(N)CCCCC1. The second-order valence-corrected chi connectivity index (χ2v) is 5.61. The zero-order chi connectivity index (χ0) is 15.1. The highest BCUT2D eigenvalue weighted by Crippen LogP contribution is 2.26. The van der Waals surface area contributed by atoms with Gasteiger partial charge in [0.1, 0.15) is 12.4 Å². The van der Waals surface area contributed by atoms with Crippen LogP contribution in [0.15, 0.2) is 36.9 Å². The Morgan fingerprint density at radius 1 is 1.33 bits per heavy atom. The van der Waals surface area contributed by atoms with Gasteiger partial charge in [-0.1, -0.05) is 50.1 Å². The molecule has 21 heavy (non-hydrogen) atoms. The van der Waals surface area contributed by atoms with E-state index < -0.39 is 5.54 Å². The van der Waals surface area contributed by atoms with Gasteiger partial charge in [-0.25, -0.2) is 0 Å². The molecule has 0 saturated heterocycles. The Bertz CT molecular complexity index is 493. The summed E-state index contributed by atoms with van der Waals surface area (Å²) < 4.78 is 5.59. The lowest BCUT2D eigenvalue weighted by Crippen LogP contribution is -2.54. The minimum Gasteiger partial charge on any atom is -0.489 e. The summed E-state index contributed by atoms with van der Waals surface area (Å²) in [6.07, 6.45) is 6.48. The number of hydrogen-bond donors (Lipinski definition) is 2. The van der Waals surface area contributed by atoms with Gasteiger partial charge < -0.3 is 15.8 Å². The van der Waals surface area contributed by atoms with Gasteiger partial charge in [-0.3, -0.25) is 4.79 Å². The van der Waals surface area contributed by atoms with Crippen LogP contribution in [-0.2, 0) is 11.3 Å². The fraction of sp³-hybridized carbons (Fsp3) is 0.471. The Balaban J connectivity index is 1.96. The van der Waals surface area contributed by atoms with Gasteiger partial charge in [-0.15, -0.1) is 0 Å². The average Bonchev–Trinajstić information content (AvgIpc) is 2.52. The lowest BCUT2D eigenvalue weighted by Gasteiger charge is -2.31. The number of rotatable bonds is 6. The molecule has 0 aromatic heterocycles. The first-order chi connectivity index (χ1) is 10.2. The third-order valence-corrected chi connectivity index (χ3v) is 3.97. The Hall–Kier alpha value is -1.81. The molecule has 3 N–H and O–H groups in total. The molecule has 4 heteroatoms. The molecular weight excluding hydrogens is 264 g/mol. The maximum absolute atomic E-state index is 12.3. The number of para-hydroxylation sites is 1. The van der Waals surface area contributed by atoms with E-state index in [0.29, 0.717) is 13.2 Å². The fourth-order valence-electron chi connectivity index (χ4n) is 2.70. The first kappa shape index (κ1) is 15.6. The summed E-state index contributed by atoms with van der Waals surface area (Å²) in [5.74, 6) is 0.716. The highest BCUT2D eigenvalue weighted by atomic mass is 16.5. The zero-order valence-electron chi connectivity index (χ0n) is 12.4. The zero-order valence-corrected chi connectivity index (χ0v) is 12.4. The number of carbonyl (C=O) groups excluding carboxylic acids is 1. The third-order valence-electron chi connectivity index (χ3n) is 3.97. The number of carbonyl (C=O) groups is 1. The van der Waals surface area contributed by atoms with Crippen molar-refractivity contribution in [3.63, 3.8) is 0 Å². The molecule has 0 radical (unpaired) electrons. The summed E-state index contributed by atoms with van der Waals surface area (Å²) in [6, 6.07) is 7.68. The highest BCUT2D eigenvalue weighted by Gasteiger charge is 2.34. The molecular formula is C17H24N2O2. The molecule has 0 heterocycles. The first-order valence-electron chi connectivity index (χ1n) is 7.54. The van der Waals surface area contributed by atoms with Crippen LogP contribution in [0.3, 0.4) is 0 Å². The van der Waals surface area contributed by atoms with Crippen molar-refractivity contribution >= 4 is 5.91 Å². The van der Waals surface area contributed by atoms with Gasteiger partial charge in [-0.2, -0.15) is 0 Å². The molecule has 1 fully saturated rings. The van der Waals surface area contributed by atoms with Crippen LogP contribution in [0, 0.1) is 0 Å². The van der Waals surface area contributed by atoms with E-state index >= 15 is 0 Å². The van der Waals surface area contributed by atoms with Crippen molar-refractivity contribution in [2.24, 2.45) is 5.73 Å². The van der Waals surface area contributed by atoms with Crippen LogP contribution in [0.1, 0.15) is 37.7 Å². The average molecular weight is 288 g/mol. The van der Waals surface area contributed by atoms with E-state index in [1.54, 1.807) is 6.08 Å². The fourth-order valence-corrected chi connectivity index (χ4v) is 2.70. The van der Waals surface area contributed by atoms with Crippen molar-refractivity contribution < 1.29 is 9.53 Å². The van der Waals surface area contributed by atoms with E-state index in [9.17, 15) is 4.79 Å². The number of ether oxygens (including phenoxy) is 1. The summed E-state index contributed by atoms with van der Waals surface area (Å²) in [6.45, 7) is 4.52. The van der Waals surface area contributed by atoms with Gasteiger partial charge in [0, 0.05) is 12.1 Å². The maximum Gasteiger partial charge on any atom is 0.240 e. The third kappa shape index (κ3) is 4.08. The van der Waals surface area contributed by atoms with Crippen molar-refractivity contribution in [3.8, 4) is 5.75 Å². The van der Waals surface area contributed by atoms with E-state index in [-0.39, 0.29) is 5.91 Å². The normalized spacial score (nSPS) is 17.0. The van der Waals surface area contributed by atoms with Crippen molar-refractivity contribution in [2.45, 2.75) is 44.2 Å². The van der Waals surface area contributed by atoms with E-state index in [1.807, 2.05) is 24.3 Å².